The number of carbonyl (C=O) groups is 2. The van der Waals surface area contributed by atoms with Gasteiger partial charge in [-0.25, -0.2) is 0 Å². The standard InChI is InChI=1S/C5H9BN2O2/c6-3-4(7)5(10)8-1-2-9/h2,4H,1,3,7H2,(H,8,10). The summed E-state index contributed by atoms with van der Waals surface area (Å²) in [5.41, 5.74) is 5.20. The molecule has 0 aromatic heterocycles. The van der Waals surface area contributed by atoms with Gasteiger partial charge in [0.1, 0.15) is 6.29 Å². The van der Waals surface area contributed by atoms with Gasteiger partial charge in [-0.05, 0) is 0 Å². The molecule has 0 aromatic rings. The maximum atomic E-state index is 10.7. The van der Waals surface area contributed by atoms with Crippen LogP contribution in [0.25, 0.3) is 0 Å². The van der Waals surface area contributed by atoms with E-state index in [1.54, 1.807) is 0 Å². The van der Waals surface area contributed by atoms with Gasteiger partial charge in [0, 0.05) is 0 Å². The zero-order valence-electron chi connectivity index (χ0n) is 5.54. The summed E-state index contributed by atoms with van der Waals surface area (Å²) in [6, 6.07) is -0.708. The van der Waals surface area contributed by atoms with E-state index in [0.717, 1.165) is 0 Å². The van der Waals surface area contributed by atoms with E-state index in [0.29, 0.717) is 6.29 Å². The first kappa shape index (κ1) is 9.16. The largest absolute Gasteiger partial charge is 0.348 e. The van der Waals surface area contributed by atoms with Gasteiger partial charge in [0.05, 0.1) is 20.4 Å². The topological polar surface area (TPSA) is 72.2 Å². The SMILES string of the molecule is [B]CC(N)C(=O)NCC=O. The van der Waals surface area contributed by atoms with Crippen LogP contribution in [0.4, 0.5) is 0 Å². The summed E-state index contributed by atoms with van der Waals surface area (Å²) in [4.78, 5) is 20.4. The summed E-state index contributed by atoms with van der Waals surface area (Å²) in [6.07, 6.45) is 0.672. The predicted octanol–water partition coefficient (Wildman–Crippen LogP) is -1.78. The number of nitrogens with two attached hydrogens (primary N) is 1. The van der Waals surface area contributed by atoms with Crippen LogP contribution in [0.5, 0.6) is 0 Å². The monoisotopic (exact) mass is 140 g/mol. The smallest absolute Gasteiger partial charge is 0.236 e. The van der Waals surface area contributed by atoms with Crippen molar-refractivity contribution in [1.29, 1.82) is 0 Å². The number of amides is 1. The van der Waals surface area contributed by atoms with E-state index in [9.17, 15) is 9.59 Å². The Kier molecular flexibility index (Phi) is 4.57. The summed E-state index contributed by atoms with van der Waals surface area (Å²) in [7, 11) is 5.07. The summed E-state index contributed by atoms with van der Waals surface area (Å²) in [5.74, 6) is -0.394. The fourth-order valence-corrected chi connectivity index (χ4v) is 0.380. The van der Waals surface area contributed by atoms with Crippen molar-refractivity contribution in [1.82, 2.24) is 5.32 Å². The molecule has 0 aliphatic heterocycles. The number of nitrogens with one attached hydrogen (secondary N) is 1. The number of carbonyl (C=O) groups excluding carboxylic acids is 2. The molecule has 0 aliphatic carbocycles. The van der Waals surface area contributed by atoms with Gasteiger partial charge < -0.3 is 15.8 Å². The maximum Gasteiger partial charge on any atom is 0.236 e. The fraction of sp³-hybridized carbons (Fsp3) is 0.600. The Balaban J connectivity index is 3.51. The molecule has 0 bridgehead atoms. The van der Waals surface area contributed by atoms with Crippen LogP contribution in [-0.2, 0) is 9.59 Å². The van der Waals surface area contributed by atoms with Crippen LogP contribution in [0.3, 0.4) is 0 Å². The Labute approximate surface area is 60.6 Å². The number of rotatable bonds is 4. The molecule has 0 spiro atoms. The second kappa shape index (κ2) is 4.99. The van der Waals surface area contributed by atoms with E-state index in [2.05, 4.69) is 5.32 Å². The van der Waals surface area contributed by atoms with Crippen LogP contribution in [0.1, 0.15) is 0 Å². The van der Waals surface area contributed by atoms with Crippen LogP contribution in [0.2, 0.25) is 6.32 Å². The minimum absolute atomic E-state index is 0.00741. The van der Waals surface area contributed by atoms with Crippen molar-refractivity contribution >= 4 is 20.0 Å². The molecule has 5 heteroatoms. The molecule has 10 heavy (non-hydrogen) atoms. The quantitative estimate of drug-likeness (QED) is 0.358. The van der Waals surface area contributed by atoms with Crippen LogP contribution in [0.15, 0.2) is 0 Å². The average Bonchev–Trinajstić information content (AvgIpc) is 1.98. The molecule has 54 valence electrons. The molecule has 0 heterocycles. The van der Waals surface area contributed by atoms with Gasteiger partial charge in [-0.3, -0.25) is 4.79 Å². The molecule has 0 aliphatic rings. The highest BCUT2D eigenvalue weighted by Crippen LogP contribution is 1.81. The lowest BCUT2D eigenvalue weighted by atomic mass is 9.97. The average molecular weight is 140 g/mol. The zero-order valence-corrected chi connectivity index (χ0v) is 5.54. The van der Waals surface area contributed by atoms with Crippen molar-refractivity contribution in [3.05, 3.63) is 0 Å². The summed E-state index contributed by atoms with van der Waals surface area (Å²) in [5, 5.41) is 2.27. The second-order valence-electron chi connectivity index (χ2n) is 1.75. The van der Waals surface area contributed by atoms with E-state index in [4.69, 9.17) is 13.6 Å². The first-order chi connectivity index (χ1) is 4.72. The van der Waals surface area contributed by atoms with Crippen molar-refractivity contribution in [2.75, 3.05) is 6.54 Å². The van der Waals surface area contributed by atoms with Crippen molar-refractivity contribution in [3.8, 4) is 0 Å². The molecule has 0 fully saturated rings. The molecule has 4 nitrogen and oxygen atoms in total. The highest BCUT2D eigenvalue weighted by atomic mass is 16.2. The Morgan fingerprint density at radius 3 is 2.80 bits per heavy atom. The second-order valence-corrected chi connectivity index (χ2v) is 1.75. The molecule has 0 rings (SSSR count). The highest BCUT2D eigenvalue weighted by molar-refractivity contribution is 6.11. The highest BCUT2D eigenvalue weighted by Gasteiger charge is 2.07. The van der Waals surface area contributed by atoms with Crippen molar-refractivity contribution in [2.24, 2.45) is 5.73 Å². The Morgan fingerprint density at radius 1 is 1.80 bits per heavy atom. The zero-order chi connectivity index (χ0) is 7.98. The third-order valence-electron chi connectivity index (χ3n) is 0.950. The van der Waals surface area contributed by atoms with Crippen LogP contribution in [-0.4, -0.2) is 32.6 Å². The normalized spacial score (nSPS) is 12.1. The lowest BCUT2D eigenvalue weighted by molar-refractivity contribution is -0.123. The lowest BCUT2D eigenvalue weighted by Gasteiger charge is -2.06. The predicted molar refractivity (Wildman–Crippen MR) is 37.6 cm³/mol. The van der Waals surface area contributed by atoms with Gasteiger partial charge >= 0.3 is 0 Å². The lowest BCUT2D eigenvalue weighted by Crippen LogP contribution is -2.40. The molecular weight excluding hydrogens is 131 g/mol. The third-order valence-corrected chi connectivity index (χ3v) is 0.950. The minimum atomic E-state index is -0.708. The van der Waals surface area contributed by atoms with Gasteiger partial charge in [-0.1, -0.05) is 6.32 Å². The number of hydrogen-bond donors (Lipinski definition) is 2. The summed E-state index contributed by atoms with van der Waals surface area (Å²) in [6.45, 7) is -0.00741. The van der Waals surface area contributed by atoms with E-state index in [1.165, 1.54) is 0 Å². The molecule has 0 saturated heterocycles. The summed E-state index contributed by atoms with van der Waals surface area (Å²) >= 11 is 0. The van der Waals surface area contributed by atoms with Gasteiger partial charge in [0.25, 0.3) is 0 Å². The minimum Gasteiger partial charge on any atom is -0.348 e. The first-order valence-corrected chi connectivity index (χ1v) is 2.89. The van der Waals surface area contributed by atoms with Crippen molar-refractivity contribution < 1.29 is 9.59 Å². The van der Waals surface area contributed by atoms with Gasteiger partial charge in [-0.15, -0.1) is 0 Å². The summed E-state index contributed by atoms with van der Waals surface area (Å²) < 4.78 is 0. The van der Waals surface area contributed by atoms with E-state index in [-0.39, 0.29) is 12.9 Å². The number of aldehydes is 1. The Bertz CT molecular complexity index is 129. The van der Waals surface area contributed by atoms with Gasteiger partial charge in [0.15, 0.2) is 0 Å². The molecule has 2 radical (unpaired) electrons. The number of hydrogen-bond acceptors (Lipinski definition) is 3. The fourth-order valence-electron chi connectivity index (χ4n) is 0.380. The molecule has 1 amide bonds. The molecular formula is C5H9BN2O2. The van der Waals surface area contributed by atoms with Crippen LogP contribution < -0.4 is 11.1 Å². The molecule has 1 atom stereocenters. The van der Waals surface area contributed by atoms with Crippen LogP contribution in [0, 0.1) is 0 Å². The van der Waals surface area contributed by atoms with E-state index < -0.39 is 11.9 Å². The molecule has 0 saturated carbocycles. The van der Waals surface area contributed by atoms with Crippen molar-refractivity contribution in [2.45, 2.75) is 12.4 Å². The maximum absolute atomic E-state index is 10.7. The molecule has 0 aromatic carbocycles. The first-order valence-electron chi connectivity index (χ1n) is 2.89. The Morgan fingerprint density at radius 2 is 2.40 bits per heavy atom. The van der Waals surface area contributed by atoms with E-state index >= 15 is 0 Å². The van der Waals surface area contributed by atoms with Crippen molar-refractivity contribution in [3.63, 3.8) is 0 Å². The van der Waals surface area contributed by atoms with Gasteiger partial charge in [-0.2, -0.15) is 0 Å². The molecule has 3 N–H and O–H groups in total. The van der Waals surface area contributed by atoms with E-state index in [1.807, 2.05) is 0 Å². The van der Waals surface area contributed by atoms with Crippen LogP contribution >= 0.6 is 0 Å². The third kappa shape index (κ3) is 3.24. The Hall–Kier alpha value is -0.835. The molecule has 1 unspecified atom stereocenters. The van der Waals surface area contributed by atoms with Gasteiger partial charge in [0.2, 0.25) is 5.91 Å².